The third kappa shape index (κ3) is 7.64. The molecule has 0 aliphatic carbocycles. The maximum atomic E-state index is 13.3. The first-order valence-corrected chi connectivity index (χ1v) is 18.6. The number of likely N-dealkylation sites (tertiary alicyclic amines) is 1. The summed E-state index contributed by atoms with van der Waals surface area (Å²) in [5.74, 6) is -1.71. The first-order chi connectivity index (χ1) is 23.3. The van der Waals surface area contributed by atoms with Gasteiger partial charge in [-0.1, -0.05) is 18.6 Å². The smallest absolute Gasteiger partial charge is 0.255 e. The molecule has 0 bridgehead atoms. The van der Waals surface area contributed by atoms with Crippen molar-refractivity contribution >= 4 is 50.9 Å². The fourth-order valence-corrected chi connectivity index (χ4v) is 9.40. The van der Waals surface area contributed by atoms with Gasteiger partial charge >= 0.3 is 0 Å². The molecule has 6 rings (SSSR count). The van der Waals surface area contributed by atoms with Crippen molar-refractivity contribution in [1.29, 1.82) is 0 Å². The number of hydrogen-bond acceptors (Lipinski definition) is 8. The Morgan fingerprint density at radius 2 is 1.73 bits per heavy atom. The molecule has 0 aromatic heterocycles. The second kappa shape index (κ2) is 13.9. The van der Waals surface area contributed by atoms with Gasteiger partial charge in [-0.15, -0.1) is 0 Å². The summed E-state index contributed by atoms with van der Waals surface area (Å²) in [7, 11) is -3.52. The molecule has 0 spiro atoms. The number of fused-ring (bicyclic) bond motifs is 1. The second-order valence-corrected chi connectivity index (χ2v) is 16.0. The van der Waals surface area contributed by atoms with Gasteiger partial charge < -0.3 is 20.4 Å². The third-order valence-corrected chi connectivity index (χ3v) is 12.2. The van der Waals surface area contributed by atoms with E-state index >= 15 is 0 Å². The van der Waals surface area contributed by atoms with E-state index in [1.54, 1.807) is 45.6 Å². The fraction of sp³-hybridized carbons (Fsp3) is 0.514. The Hall–Kier alpha value is -4.30. The van der Waals surface area contributed by atoms with E-state index in [9.17, 15) is 32.4 Å². The van der Waals surface area contributed by atoms with Gasteiger partial charge in [0.15, 0.2) is 0 Å². The fourth-order valence-electron chi connectivity index (χ4n) is 7.39. The molecular formula is C35H44N6O7S. The van der Waals surface area contributed by atoms with E-state index in [2.05, 4.69) is 16.0 Å². The highest BCUT2D eigenvalue weighted by Crippen LogP contribution is 2.32. The van der Waals surface area contributed by atoms with E-state index < -0.39 is 27.5 Å². The Kier molecular flexibility index (Phi) is 9.81. The zero-order chi connectivity index (χ0) is 34.9. The predicted octanol–water partition coefficient (Wildman–Crippen LogP) is 2.83. The van der Waals surface area contributed by atoms with Crippen LogP contribution in [0, 0.1) is 5.92 Å². The first-order valence-electron chi connectivity index (χ1n) is 17.0. The number of sulfonamides is 1. The average Bonchev–Trinajstić information content (AvgIpc) is 3.38. The number of anilines is 2. The van der Waals surface area contributed by atoms with Crippen LogP contribution in [0.3, 0.4) is 0 Å². The monoisotopic (exact) mass is 692 g/mol. The standard InChI is InChI=1S/C35H44N6O7S/c1-35(2)14-3-4-15-41(35)49(47,48)22-23-6-5-7-27(18-23)37-32(44)24-12-16-39(17-13-24)31(43)20-36-26-8-9-28-25(19-26)21-40(34(28)46)29-10-11-30(42)38-33(29)45/h5-9,18-19,24,29,36H,3-4,10-17,20-22H2,1-2H3,(H,37,44)(H,38,42,45). The quantitative estimate of drug-likeness (QED) is 0.338. The minimum atomic E-state index is -3.52. The van der Waals surface area contributed by atoms with Crippen LogP contribution in [-0.4, -0.2) is 89.8 Å². The molecule has 14 heteroatoms. The zero-order valence-corrected chi connectivity index (χ0v) is 28.8. The minimum Gasteiger partial charge on any atom is -0.376 e. The van der Waals surface area contributed by atoms with E-state index in [1.165, 1.54) is 4.90 Å². The Labute approximate surface area is 286 Å². The Bertz CT molecular complexity index is 1770. The molecule has 49 heavy (non-hydrogen) atoms. The molecule has 5 amide bonds. The lowest BCUT2D eigenvalue weighted by Gasteiger charge is -2.41. The molecule has 0 saturated carbocycles. The van der Waals surface area contributed by atoms with E-state index in [1.807, 2.05) is 19.9 Å². The maximum absolute atomic E-state index is 13.3. The summed E-state index contributed by atoms with van der Waals surface area (Å²) in [4.78, 5) is 66.2. The molecule has 1 unspecified atom stereocenters. The number of carbonyl (C=O) groups excluding carboxylic acids is 5. The summed E-state index contributed by atoms with van der Waals surface area (Å²) in [6.45, 7) is 5.62. The van der Waals surface area contributed by atoms with Crippen molar-refractivity contribution in [3.63, 3.8) is 0 Å². The SMILES string of the molecule is CC1(C)CCCCN1S(=O)(=O)Cc1cccc(NC(=O)C2CCN(C(=O)CNc3ccc4c(c3)CN(C3CCC(=O)NC3=O)C4=O)CC2)c1. The lowest BCUT2D eigenvalue weighted by Crippen LogP contribution is -2.52. The van der Waals surface area contributed by atoms with Gasteiger partial charge in [0.1, 0.15) is 6.04 Å². The molecule has 3 fully saturated rings. The Balaban J connectivity index is 0.967. The van der Waals surface area contributed by atoms with Crippen molar-refractivity contribution in [3.05, 3.63) is 59.2 Å². The van der Waals surface area contributed by atoms with Gasteiger partial charge in [0.25, 0.3) is 5.91 Å². The highest BCUT2D eigenvalue weighted by Gasteiger charge is 2.40. The van der Waals surface area contributed by atoms with E-state index in [0.717, 1.165) is 24.8 Å². The lowest BCUT2D eigenvalue weighted by atomic mass is 9.93. The molecule has 262 valence electrons. The summed E-state index contributed by atoms with van der Waals surface area (Å²) < 4.78 is 28.2. The van der Waals surface area contributed by atoms with E-state index in [0.29, 0.717) is 61.4 Å². The molecular weight excluding hydrogens is 648 g/mol. The zero-order valence-electron chi connectivity index (χ0n) is 28.0. The number of nitrogens with zero attached hydrogens (tertiary/aromatic N) is 3. The number of carbonyl (C=O) groups is 5. The van der Waals surface area contributed by atoms with Crippen LogP contribution in [0.25, 0.3) is 0 Å². The van der Waals surface area contributed by atoms with Crippen LogP contribution in [0.4, 0.5) is 11.4 Å². The summed E-state index contributed by atoms with van der Waals surface area (Å²) in [6.07, 6.45) is 4.19. The van der Waals surface area contributed by atoms with E-state index in [-0.39, 0.29) is 54.8 Å². The number of benzene rings is 2. The first kappa shape index (κ1) is 34.6. The van der Waals surface area contributed by atoms with Gasteiger partial charge in [-0.25, -0.2) is 8.42 Å². The van der Waals surface area contributed by atoms with Crippen molar-refractivity contribution < 1.29 is 32.4 Å². The summed E-state index contributed by atoms with van der Waals surface area (Å²) in [5.41, 5.74) is 2.68. The van der Waals surface area contributed by atoms with Crippen molar-refractivity contribution in [2.45, 2.75) is 82.7 Å². The topological polar surface area (TPSA) is 165 Å². The van der Waals surface area contributed by atoms with Crippen LogP contribution in [0.1, 0.15) is 80.3 Å². The van der Waals surface area contributed by atoms with Crippen LogP contribution in [-0.2, 0) is 41.5 Å². The average molecular weight is 693 g/mol. The molecule has 1 atom stereocenters. The van der Waals surface area contributed by atoms with Crippen molar-refractivity contribution in [2.75, 3.05) is 36.8 Å². The van der Waals surface area contributed by atoms with Crippen LogP contribution in [0.15, 0.2) is 42.5 Å². The Morgan fingerprint density at radius 3 is 2.47 bits per heavy atom. The van der Waals surface area contributed by atoms with Crippen molar-refractivity contribution in [2.24, 2.45) is 5.92 Å². The number of amides is 5. The lowest BCUT2D eigenvalue weighted by molar-refractivity contribution is -0.137. The molecule has 2 aromatic carbocycles. The predicted molar refractivity (Wildman–Crippen MR) is 183 cm³/mol. The molecule has 3 saturated heterocycles. The molecule has 4 aliphatic heterocycles. The molecule has 0 radical (unpaired) electrons. The molecule has 4 aliphatic rings. The van der Waals surface area contributed by atoms with Gasteiger partial charge in [-0.2, -0.15) is 4.31 Å². The highest BCUT2D eigenvalue weighted by molar-refractivity contribution is 7.88. The summed E-state index contributed by atoms with van der Waals surface area (Å²) in [6, 6.07) is 11.5. The number of rotatable bonds is 9. The van der Waals surface area contributed by atoms with Gasteiger partial charge in [0, 0.05) is 61.0 Å². The molecule has 2 aromatic rings. The summed E-state index contributed by atoms with van der Waals surface area (Å²) in [5, 5.41) is 8.39. The van der Waals surface area contributed by atoms with E-state index in [4.69, 9.17) is 0 Å². The number of piperidine rings is 3. The largest absolute Gasteiger partial charge is 0.376 e. The van der Waals surface area contributed by atoms with Crippen molar-refractivity contribution in [1.82, 2.24) is 19.4 Å². The number of nitrogens with one attached hydrogen (secondary N) is 3. The van der Waals surface area contributed by atoms with Gasteiger partial charge in [0.05, 0.1) is 12.3 Å². The van der Waals surface area contributed by atoms with Gasteiger partial charge in [-0.3, -0.25) is 29.3 Å². The summed E-state index contributed by atoms with van der Waals surface area (Å²) >= 11 is 0. The van der Waals surface area contributed by atoms with Crippen LogP contribution >= 0.6 is 0 Å². The van der Waals surface area contributed by atoms with Crippen LogP contribution in [0.5, 0.6) is 0 Å². The maximum Gasteiger partial charge on any atom is 0.255 e. The molecule has 13 nitrogen and oxygen atoms in total. The Morgan fingerprint density at radius 1 is 0.959 bits per heavy atom. The second-order valence-electron chi connectivity index (χ2n) is 14.1. The minimum absolute atomic E-state index is 0.0464. The van der Waals surface area contributed by atoms with Crippen LogP contribution < -0.4 is 16.0 Å². The third-order valence-electron chi connectivity index (χ3n) is 10.1. The van der Waals surface area contributed by atoms with Gasteiger partial charge in [-0.05, 0) is 87.4 Å². The molecule has 4 heterocycles. The highest BCUT2D eigenvalue weighted by atomic mass is 32.2. The van der Waals surface area contributed by atoms with Gasteiger partial charge in [0.2, 0.25) is 33.7 Å². The van der Waals surface area contributed by atoms with Crippen molar-refractivity contribution in [3.8, 4) is 0 Å². The number of imide groups is 1. The molecule has 3 N–H and O–H groups in total. The number of hydrogen-bond donors (Lipinski definition) is 3. The normalized spacial score (nSPS) is 21.7. The van der Waals surface area contributed by atoms with Crippen LogP contribution in [0.2, 0.25) is 0 Å².